The Bertz CT molecular complexity index is 805. The van der Waals surface area contributed by atoms with Crippen LogP contribution in [0.5, 0.6) is 0 Å². The lowest BCUT2D eigenvalue weighted by atomic mass is 10.1. The number of carbonyl (C=O) groups excluding carboxylic acids is 1. The molecule has 0 aromatic heterocycles. The highest BCUT2D eigenvalue weighted by atomic mass is 16.5. The first kappa shape index (κ1) is 25.2. The monoisotopic (exact) mass is 411 g/mol. The number of carbonyl (C=O) groups is 1. The highest BCUT2D eigenvalue weighted by Gasteiger charge is 2.12. The Morgan fingerprint density at radius 2 is 2.03 bits per heavy atom. The fourth-order valence-corrected chi connectivity index (χ4v) is 3.09. The summed E-state index contributed by atoms with van der Waals surface area (Å²) in [4.78, 5) is 18.7. The number of benzene rings is 1. The van der Waals surface area contributed by atoms with E-state index in [1.807, 2.05) is 52.2 Å². The van der Waals surface area contributed by atoms with Crippen molar-refractivity contribution >= 4 is 28.8 Å². The Morgan fingerprint density at radius 1 is 1.30 bits per heavy atom. The molecule has 30 heavy (non-hydrogen) atoms. The van der Waals surface area contributed by atoms with Crippen LogP contribution >= 0.6 is 0 Å². The van der Waals surface area contributed by atoms with Crippen molar-refractivity contribution < 1.29 is 9.53 Å². The number of hydrogen-bond donors (Lipinski definition) is 1. The highest BCUT2D eigenvalue weighted by Crippen LogP contribution is 2.34. The van der Waals surface area contributed by atoms with E-state index < -0.39 is 0 Å². The Labute approximate surface area is 182 Å². The molecule has 164 valence electrons. The maximum atomic E-state index is 11.8. The summed E-state index contributed by atoms with van der Waals surface area (Å²) in [6.45, 7) is 13.2. The van der Waals surface area contributed by atoms with Gasteiger partial charge in [0.2, 0.25) is 0 Å². The van der Waals surface area contributed by atoms with Gasteiger partial charge in [0.05, 0.1) is 23.6 Å². The average Bonchev–Trinajstić information content (AvgIpc) is 2.70. The average molecular weight is 412 g/mol. The molecule has 1 aromatic carbocycles. The molecule has 0 aliphatic carbocycles. The number of aliphatic imine (C=N–C) groups is 1. The van der Waals surface area contributed by atoms with Crippen LogP contribution in [-0.4, -0.2) is 38.9 Å². The molecule has 1 rings (SSSR count). The van der Waals surface area contributed by atoms with Crippen molar-refractivity contribution in [3.05, 3.63) is 54.1 Å². The van der Waals surface area contributed by atoms with Crippen molar-refractivity contribution in [2.45, 2.75) is 47.0 Å². The smallest absolute Gasteiger partial charge is 0.337 e. The molecule has 0 amide bonds. The van der Waals surface area contributed by atoms with Gasteiger partial charge in [0.25, 0.3) is 0 Å². The molecular formula is C25H37N3O2. The largest absolute Gasteiger partial charge is 0.462 e. The number of para-hydroxylation sites is 1. The van der Waals surface area contributed by atoms with Gasteiger partial charge in [-0.3, -0.25) is 4.99 Å². The maximum absolute atomic E-state index is 11.8. The Kier molecular flexibility index (Phi) is 11.3. The predicted octanol–water partition coefficient (Wildman–Crippen LogP) is 5.66. The lowest BCUT2D eigenvalue weighted by Crippen LogP contribution is -2.16. The lowest BCUT2D eigenvalue weighted by Gasteiger charge is -2.21. The summed E-state index contributed by atoms with van der Waals surface area (Å²) in [6, 6.07) is 6.13. The standard InChI is InChI=1S/C25H37N3O2/c1-8-21(25(29)30-10-3)16-13-11-12-15-19(4)27-23-18-14-17-22(20(5)26-9-2)24(23)28(6)7/h8,13-14,16-18,26H,5,9-12,15H2,1-4,6-7H3/b16-13-,21-8+,27-19?. The third-order valence-corrected chi connectivity index (χ3v) is 4.52. The topological polar surface area (TPSA) is 53.9 Å². The van der Waals surface area contributed by atoms with E-state index in [1.165, 1.54) is 0 Å². The van der Waals surface area contributed by atoms with E-state index >= 15 is 0 Å². The molecule has 0 aliphatic heterocycles. The van der Waals surface area contributed by atoms with Crippen LogP contribution in [0.2, 0.25) is 0 Å². The number of rotatable bonds is 12. The summed E-state index contributed by atoms with van der Waals surface area (Å²) in [6.07, 6.45) is 8.36. The molecule has 1 aromatic rings. The van der Waals surface area contributed by atoms with Gasteiger partial charge in [0.1, 0.15) is 0 Å². The van der Waals surface area contributed by atoms with E-state index in [4.69, 9.17) is 9.73 Å². The molecule has 0 saturated carbocycles. The van der Waals surface area contributed by atoms with Gasteiger partial charge >= 0.3 is 5.97 Å². The number of nitrogens with one attached hydrogen (secondary N) is 1. The van der Waals surface area contributed by atoms with Crippen molar-refractivity contribution in [1.82, 2.24) is 5.32 Å². The van der Waals surface area contributed by atoms with Crippen molar-refractivity contribution in [1.29, 1.82) is 0 Å². The molecule has 1 N–H and O–H groups in total. The van der Waals surface area contributed by atoms with E-state index in [0.29, 0.717) is 12.2 Å². The van der Waals surface area contributed by atoms with Crippen LogP contribution in [0.25, 0.3) is 5.70 Å². The summed E-state index contributed by atoms with van der Waals surface area (Å²) in [5, 5.41) is 3.30. The summed E-state index contributed by atoms with van der Waals surface area (Å²) >= 11 is 0. The Hall–Kier alpha value is -2.82. The highest BCUT2D eigenvalue weighted by molar-refractivity contribution is 5.91. The normalized spacial score (nSPS) is 12.2. The minimum Gasteiger partial charge on any atom is -0.462 e. The van der Waals surface area contributed by atoms with E-state index in [-0.39, 0.29) is 5.97 Å². The quantitative estimate of drug-likeness (QED) is 0.158. The number of hydrogen-bond acceptors (Lipinski definition) is 5. The van der Waals surface area contributed by atoms with Gasteiger partial charge in [-0.25, -0.2) is 4.79 Å². The molecular weight excluding hydrogens is 374 g/mol. The molecule has 0 unspecified atom stereocenters. The number of anilines is 1. The lowest BCUT2D eigenvalue weighted by molar-refractivity contribution is -0.138. The van der Waals surface area contributed by atoms with Gasteiger partial charge in [-0.1, -0.05) is 36.9 Å². The van der Waals surface area contributed by atoms with Crippen molar-refractivity contribution in [2.75, 3.05) is 32.1 Å². The van der Waals surface area contributed by atoms with E-state index in [2.05, 4.69) is 36.7 Å². The second-order valence-corrected chi connectivity index (χ2v) is 7.18. The summed E-state index contributed by atoms with van der Waals surface area (Å²) in [7, 11) is 4.05. The Balaban J connectivity index is 2.81. The van der Waals surface area contributed by atoms with Gasteiger partial charge in [-0.15, -0.1) is 0 Å². The second-order valence-electron chi connectivity index (χ2n) is 7.18. The van der Waals surface area contributed by atoms with Crippen LogP contribution in [-0.2, 0) is 9.53 Å². The first-order chi connectivity index (χ1) is 14.3. The van der Waals surface area contributed by atoms with Crippen LogP contribution in [0.1, 0.15) is 52.5 Å². The van der Waals surface area contributed by atoms with Gasteiger partial charge in [0.15, 0.2) is 0 Å². The zero-order valence-electron chi connectivity index (χ0n) is 19.4. The molecule has 0 fully saturated rings. The number of allylic oxidation sites excluding steroid dienone is 2. The van der Waals surface area contributed by atoms with Gasteiger partial charge in [-0.2, -0.15) is 0 Å². The molecule has 0 saturated heterocycles. The minimum atomic E-state index is -0.274. The van der Waals surface area contributed by atoms with E-state index in [9.17, 15) is 4.79 Å². The number of unbranched alkanes of at least 4 members (excludes halogenated alkanes) is 1. The number of nitrogens with zero attached hydrogens (tertiary/aromatic N) is 2. The molecule has 0 spiro atoms. The van der Waals surface area contributed by atoms with E-state index in [0.717, 1.165) is 54.2 Å². The molecule has 0 aliphatic rings. The minimum absolute atomic E-state index is 0.274. The molecule has 5 nitrogen and oxygen atoms in total. The van der Waals surface area contributed by atoms with Crippen LogP contribution in [0.4, 0.5) is 11.4 Å². The molecule has 5 heteroatoms. The van der Waals surface area contributed by atoms with Gasteiger partial charge in [-0.05, 0) is 53.0 Å². The van der Waals surface area contributed by atoms with Crippen LogP contribution in [0.15, 0.2) is 53.6 Å². The van der Waals surface area contributed by atoms with Crippen molar-refractivity contribution in [2.24, 2.45) is 4.99 Å². The summed E-state index contributed by atoms with van der Waals surface area (Å²) in [5.74, 6) is -0.274. The first-order valence-electron chi connectivity index (χ1n) is 10.6. The van der Waals surface area contributed by atoms with Crippen molar-refractivity contribution in [3.8, 4) is 0 Å². The van der Waals surface area contributed by atoms with Crippen molar-refractivity contribution in [3.63, 3.8) is 0 Å². The predicted molar refractivity (Wildman–Crippen MR) is 130 cm³/mol. The first-order valence-corrected chi connectivity index (χ1v) is 10.6. The fourth-order valence-electron chi connectivity index (χ4n) is 3.09. The molecule has 0 atom stereocenters. The number of ether oxygens (including phenoxy) is 1. The second kappa shape index (κ2) is 13.4. The third-order valence-electron chi connectivity index (χ3n) is 4.52. The van der Waals surface area contributed by atoms with Crippen LogP contribution < -0.4 is 10.2 Å². The number of esters is 1. The van der Waals surface area contributed by atoms with E-state index in [1.54, 1.807) is 6.08 Å². The molecule has 0 radical (unpaired) electrons. The SMILES string of the molecule is C=C(NCC)c1cccc(N=C(C)CCC/C=C\C(=C/C)C(=O)OCC)c1N(C)C. The van der Waals surface area contributed by atoms with Gasteiger partial charge in [0, 0.05) is 37.6 Å². The zero-order chi connectivity index (χ0) is 22.5. The summed E-state index contributed by atoms with van der Waals surface area (Å²) < 4.78 is 5.04. The molecule has 0 bridgehead atoms. The summed E-state index contributed by atoms with van der Waals surface area (Å²) in [5.41, 5.74) is 5.65. The van der Waals surface area contributed by atoms with Gasteiger partial charge < -0.3 is 15.0 Å². The Morgan fingerprint density at radius 3 is 2.63 bits per heavy atom. The van der Waals surface area contributed by atoms with Crippen LogP contribution in [0.3, 0.4) is 0 Å². The van der Waals surface area contributed by atoms with Crippen LogP contribution in [0, 0.1) is 0 Å². The maximum Gasteiger partial charge on any atom is 0.337 e. The fraction of sp³-hybridized carbons (Fsp3) is 0.440. The third kappa shape index (κ3) is 7.90. The zero-order valence-corrected chi connectivity index (χ0v) is 19.4. The molecule has 0 heterocycles.